The van der Waals surface area contributed by atoms with Gasteiger partial charge < -0.3 is 30.3 Å². The first kappa shape index (κ1) is 31.2. The predicted molar refractivity (Wildman–Crippen MR) is 178 cm³/mol. The van der Waals surface area contributed by atoms with Gasteiger partial charge in [-0.25, -0.2) is 4.79 Å². The Hall–Kier alpha value is -3.40. The highest BCUT2D eigenvalue weighted by Crippen LogP contribution is 2.49. The number of aliphatic hydroxyl groups excluding tert-OH is 1. The summed E-state index contributed by atoms with van der Waals surface area (Å²) < 4.78 is 5.61. The number of quaternary nitrogens is 1. The Labute approximate surface area is 273 Å². The van der Waals surface area contributed by atoms with Crippen LogP contribution in [0.1, 0.15) is 45.1 Å². The second-order valence-corrected chi connectivity index (χ2v) is 14.3. The molecule has 2 fully saturated rings. The molecule has 9 heteroatoms. The summed E-state index contributed by atoms with van der Waals surface area (Å²) in [7, 11) is 0. The van der Waals surface area contributed by atoms with Crippen LogP contribution in [0.2, 0.25) is 0 Å². The molecular formula is C37H50N5O4+. The van der Waals surface area contributed by atoms with Crippen LogP contribution in [-0.4, -0.2) is 96.6 Å². The van der Waals surface area contributed by atoms with Gasteiger partial charge >= 0.3 is 6.09 Å². The van der Waals surface area contributed by atoms with E-state index < -0.39 is 12.4 Å². The van der Waals surface area contributed by atoms with Gasteiger partial charge in [-0.15, -0.1) is 0 Å². The van der Waals surface area contributed by atoms with Crippen molar-refractivity contribution in [3.8, 4) is 0 Å². The van der Waals surface area contributed by atoms with Crippen LogP contribution in [0.25, 0.3) is 0 Å². The molecule has 7 rings (SSSR count). The van der Waals surface area contributed by atoms with E-state index in [1.165, 1.54) is 27.9 Å². The van der Waals surface area contributed by atoms with Crippen molar-refractivity contribution in [3.05, 3.63) is 76.4 Å². The zero-order valence-electron chi connectivity index (χ0n) is 27.4. The van der Waals surface area contributed by atoms with Crippen LogP contribution in [0.4, 0.5) is 10.5 Å². The normalized spacial score (nSPS) is 30.3. The maximum absolute atomic E-state index is 13.4. The van der Waals surface area contributed by atoms with Crippen molar-refractivity contribution in [2.45, 2.75) is 58.3 Å². The maximum Gasteiger partial charge on any atom is 0.410 e. The molecule has 0 spiro atoms. The largest absolute Gasteiger partial charge is 0.439 e. The molecule has 1 aromatic carbocycles. The Morgan fingerprint density at radius 2 is 1.87 bits per heavy atom. The molecule has 0 saturated carbocycles. The molecule has 0 bridgehead atoms. The van der Waals surface area contributed by atoms with Crippen LogP contribution < -0.4 is 10.6 Å². The van der Waals surface area contributed by atoms with Gasteiger partial charge in [0.05, 0.1) is 13.1 Å². The fraction of sp³-hybridized carbons (Fsp3) is 0.568. The fourth-order valence-electron chi connectivity index (χ4n) is 8.66. The van der Waals surface area contributed by atoms with E-state index in [0.717, 1.165) is 57.4 Å². The zero-order valence-corrected chi connectivity index (χ0v) is 27.4. The van der Waals surface area contributed by atoms with Gasteiger partial charge in [-0.1, -0.05) is 48.9 Å². The third-order valence-corrected chi connectivity index (χ3v) is 11.1. The number of ether oxygens (including phenoxy) is 1. The lowest BCUT2D eigenvalue weighted by Gasteiger charge is -2.40. The first-order valence-corrected chi connectivity index (χ1v) is 17.4. The average molecular weight is 629 g/mol. The SMILES string of the molecule is CC1=CC(C2=CC2C2CN(C(=O)COC(=O)N3CCC(N4CCc5ccccc5NC4O)CC3)CCC2C2=CC[NH2+]C2)=CC(C)C1. The van der Waals surface area contributed by atoms with Crippen molar-refractivity contribution in [2.24, 2.45) is 23.7 Å². The maximum atomic E-state index is 13.4. The highest BCUT2D eigenvalue weighted by Gasteiger charge is 2.45. The van der Waals surface area contributed by atoms with E-state index in [1.54, 1.807) is 4.90 Å². The molecule has 2 saturated heterocycles. The quantitative estimate of drug-likeness (QED) is 0.419. The highest BCUT2D eigenvalue weighted by atomic mass is 16.6. The van der Waals surface area contributed by atoms with E-state index in [0.29, 0.717) is 49.9 Å². The van der Waals surface area contributed by atoms with E-state index in [9.17, 15) is 14.7 Å². The molecule has 9 nitrogen and oxygen atoms in total. The van der Waals surface area contributed by atoms with Gasteiger partial charge in [-0.2, -0.15) is 0 Å². The lowest BCUT2D eigenvalue weighted by molar-refractivity contribution is -0.631. The van der Waals surface area contributed by atoms with Crippen molar-refractivity contribution >= 4 is 17.7 Å². The third kappa shape index (κ3) is 6.68. The predicted octanol–water partition coefficient (Wildman–Crippen LogP) is 3.27. The summed E-state index contributed by atoms with van der Waals surface area (Å²) in [5, 5.41) is 16.5. The second-order valence-electron chi connectivity index (χ2n) is 14.3. The molecule has 246 valence electrons. The smallest absolute Gasteiger partial charge is 0.410 e. The number of benzene rings is 1. The Morgan fingerprint density at radius 1 is 1.07 bits per heavy atom. The number of carbonyl (C=O) groups excluding carboxylic acids is 2. The Kier molecular flexibility index (Phi) is 9.08. The number of anilines is 1. The van der Waals surface area contributed by atoms with Gasteiger partial charge in [0, 0.05) is 50.4 Å². The standard InChI is InChI=1S/C37H49N5O4/c1-24-17-25(2)19-28(18-24)31-20-32(31)33-22-41(15-11-30(33)27-7-12-38-21-27)35(43)23-46-37(45)40-13-9-29(10-14-40)42-16-8-26-5-3-4-6-34(26)39-36(42)44/h3-7,18-20,24,29-30,32-33,36,38-39,44H,8-17,21-23H2,1-2H3/p+1. The summed E-state index contributed by atoms with van der Waals surface area (Å²) in [5.41, 5.74) is 7.98. The molecule has 4 heterocycles. The van der Waals surface area contributed by atoms with Gasteiger partial charge in [0.2, 0.25) is 0 Å². The summed E-state index contributed by atoms with van der Waals surface area (Å²) in [4.78, 5) is 32.2. The van der Waals surface area contributed by atoms with E-state index in [2.05, 4.69) is 59.8 Å². The minimum Gasteiger partial charge on any atom is -0.439 e. The van der Waals surface area contributed by atoms with E-state index in [4.69, 9.17) is 4.74 Å². The minimum atomic E-state index is -0.758. The summed E-state index contributed by atoms with van der Waals surface area (Å²) in [5.74, 6) is 1.72. The fourth-order valence-corrected chi connectivity index (χ4v) is 8.66. The van der Waals surface area contributed by atoms with Crippen molar-refractivity contribution in [2.75, 3.05) is 57.7 Å². The van der Waals surface area contributed by atoms with Gasteiger partial charge in [0.1, 0.15) is 0 Å². The van der Waals surface area contributed by atoms with E-state index >= 15 is 0 Å². The molecular weight excluding hydrogens is 578 g/mol. The van der Waals surface area contributed by atoms with Gasteiger partial charge in [-0.3, -0.25) is 9.69 Å². The minimum absolute atomic E-state index is 0.0968. The van der Waals surface area contributed by atoms with Gasteiger partial charge in [0.15, 0.2) is 13.0 Å². The van der Waals surface area contributed by atoms with Crippen LogP contribution in [0.5, 0.6) is 0 Å². The molecule has 6 aliphatic rings. The molecule has 5 atom stereocenters. The summed E-state index contributed by atoms with van der Waals surface area (Å²) in [6.07, 6.45) is 12.9. The van der Waals surface area contributed by atoms with E-state index in [1.807, 2.05) is 23.1 Å². The number of piperidine rings is 2. The number of aliphatic hydroxyl groups is 1. The van der Waals surface area contributed by atoms with Crippen LogP contribution in [0.3, 0.4) is 0 Å². The number of hydrogen-bond acceptors (Lipinski definition) is 6. The molecule has 4 aliphatic heterocycles. The van der Waals surface area contributed by atoms with Crippen LogP contribution >= 0.6 is 0 Å². The van der Waals surface area contributed by atoms with Crippen LogP contribution in [0, 0.1) is 23.7 Å². The van der Waals surface area contributed by atoms with Crippen molar-refractivity contribution in [3.63, 3.8) is 0 Å². The lowest BCUT2D eigenvalue weighted by Crippen LogP contribution is -2.81. The summed E-state index contributed by atoms with van der Waals surface area (Å²) in [6.45, 7) is 9.68. The number of nitrogens with two attached hydrogens (primary N) is 1. The first-order valence-electron chi connectivity index (χ1n) is 17.4. The molecule has 0 aromatic heterocycles. The van der Waals surface area contributed by atoms with Gasteiger partial charge in [0.25, 0.3) is 5.91 Å². The zero-order chi connectivity index (χ0) is 31.8. The molecule has 46 heavy (non-hydrogen) atoms. The number of likely N-dealkylation sites (tertiary alicyclic amines) is 2. The molecule has 5 unspecified atom stereocenters. The van der Waals surface area contributed by atoms with Crippen molar-refractivity contribution < 1.29 is 24.7 Å². The third-order valence-electron chi connectivity index (χ3n) is 11.1. The number of nitrogens with one attached hydrogen (secondary N) is 1. The number of nitrogens with zero attached hydrogens (tertiary/aromatic N) is 3. The number of carbonyl (C=O) groups is 2. The molecule has 1 aromatic rings. The Balaban J connectivity index is 0.908. The average Bonchev–Trinajstić information content (AvgIpc) is 3.72. The van der Waals surface area contributed by atoms with Crippen LogP contribution in [-0.2, 0) is 16.0 Å². The molecule has 4 N–H and O–H groups in total. The molecule has 2 amide bonds. The van der Waals surface area contributed by atoms with Crippen LogP contribution in [0.15, 0.2) is 70.9 Å². The molecule has 2 aliphatic carbocycles. The van der Waals surface area contributed by atoms with Crippen molar-refractivity contribution in [1.29, 1.82) is 0 Å². The Bertz CT molecular complexity index is 1460. The number of rotatable bonds is 6. The van der Waals surface area contributed by atoms with Gasteiger partial charge in [-0.05, 0) is 91.2 Å². The summed E-state index contributed by atoms with van der Waals surface area (Å²) >= 11 is 0. The van der Waals surface area contributed by atoms with E-state index in [-0.39, 0.29) is 18.6 Å². The number of allylic oxidation sites excluding steroid dienone is 6. The number of para-hydroxylation sites is 1. The molecule has 0 radical (unpaired) electrons. The monoisotopic (exact) mass is 628 g/mol. The number of amides is 2. The lowest BCUT2D eigenvalue weighted by atomic mass is 9.75. The second kappa shape index (κ2) is 13.4. The summed E-state index contributed by atoms with van der Waals surface area (Å²) in [6, 6.07) is 8.28. The Morgan fingerprint density at radius 3 is 2.65 bits per heavy atom. The topological polar surface area (TPSA) is 102 Å². The highest BCUT2D eigenvalue weighted by molar-refractivity contribution is 5.80. The first-order chi connectivity index (χ1) is 22.3. The van der Waals surface area contributed by atoms with Crippen molar-refractivity contribution in [1.82, 2.24) is 14.7 Å². The number of fused-ring (bicyclic) bond motifs is 1. The number of hydrogen-bond donors (Lipinski definition) is 3.